The number of carboxylic acids is 1. The Kier molecular flexibility index (Phi) is 6.96. The third-order valence-corrected chi connectivity index (χ3v) is 3.31. The summed E-state index contributed by atoms with van der Waals surface area (Å²) in [5.74, 6) is -1.01. The van der Waals surface area contributed by atoms with Crippen LogP contribution in [0, 0.1) is 0 Å². The second kappa shape index (κ2) is 9.22. The van der Waals surface area contributed by atoms with Gasteiger partial charge in [-0.05, 0) is 31.4 Å². The van der Waals surface area contributed by atoms with Crippen LogP contribution in [0.25, 0.3) is 0 Å². The van der Waals surface area contributed by atoms with E-state index < -0.39 is 5.97 Å². The van der Waals surface area contributed by atoms with Gasteiger partial charge in [-0.3, -0.25) is 4.98 Å². The molecule has 0 bridgehead atoms. The molecule has 126 valence electrons. The quantitative estimate of drug-likeness (QED) is 0.449. The lowest BCUT2D eigenvalue weighted by molar-refractivity contribution is -0.162. The number of rotatable bonds is 8. The number of carboxylic acid groups (broad SMARTS) is 1. The molecule has 1 unspecified atom stereocenters. The van der Waals surface area contributed by atoms with Gasteiger partial charge in [0.15, 0.2) is 0 Å². The van der Waals surface area contributed by atoms with Crippen molar-refractivity contribution >= 4 is 11.7 Å². The van der Waals surface area contributed by atoms with Crippen molar-refractivity contribution in [3.63, 3.8) is 0 Å². The van der Waals surface area contributed by atoms with Crippen molar-refractivity contribution in [2.45, 2.75) is 38.9 Å². The third-order valence-electron chi connectivity index (χ3n) is 3.31. The van der Waals surface area contributed by atoms with Crippen molar-refractivity contribution in [3.05, 3.63) is 29.6 Å². The second-order valence-corrected chi connectivity index (χ2v) is 5.23. The topological polar surface area (TPSA) is 90.2 Å². The van der Waals surface area contributed by atoms with Gasteiger partial charge in [-0.2, -0.15) is 0 Å². The Morgan fingerprint density at radius 3 is 3.09 bits per heavy atom. The number of hydrogen-bond acceptors (Lipinski definition) is 6. The van der Waals surface area contributed by atoms with E-state index in [1.807, 2.05) is 6.92 Å². The number of aromatic carboxylic acids is 1. The fraction of sp³-hybridized carbons (Fsp3) is 0.562. The van der Waals surface area contributed by atoms with Gasteiger partial charge in [0.25, 0.3) is 0 Å². The molecule has 23 heavy (non-hydrogen) atoms. The van der Waals surface area contributed by atoms with Crippen LogP contribution in [0.2, 0.25) is 0 Å². The molecule has 1 N–H and O–H groups in total. The first-order valence-corrected chi connectivity index (χ1v) is 7.82. The van der Waals surface area contributed by atoms with Crippen molar-refractivity contribution < 1.29 is 24.2 Å². The zero-order valence-corrected chi connectivity index (χ0v) is 13.2. The number of ether oxygens (including phenoxy) is 2. The molecule has 1 fully saturated rings. The molecular formula is C16H22N2O5. The first-order valence-electron chi connectivity index (χ1n) is 7.82. The summed E-state index contributed by atoms with van der Waals surface area (Å²) in [6, 6.07) is 2.89. The van der Waals surface area contributed by atoms with Crippen LogP contribution >= 0.6 is 0 Å². The standard InChI is InChI=1S/C16H22N2O5/c1-2-8-21-11-14(18-23-15-5-3-4-9-22-15)13-10-12(16(19)20)6-7-17-13/h6-7,10,15H,2-5,8-9,11H2,1H3,(H,19,20)/b18-14+. The first-order chi connectivity index (χ1) is 11.2. The van der Waals surface area contributed by atoms with Crippen LogP contribution < -0.4 is 0 Å². The highest BCUT2D eigenvalue weighted by molar-refractivity contribution is 6.01. The molecule has 7 nitrogen and oxygen atoms in total. The van der Waals surface area contributed by atoms with E-state index in [0.717, 1.165) is 25.7 Å². The van der Waals surface area contributed by atoms with Crippen molar-refractivity contribution in [3.8, 4) is 0 Å². The van der Waals surface area contributed by atoms with Crippen LogP contribution in [0.5, 0.6) is 0 Å². The molecule has 0 spiro atoms. The number of oxime groups is 1. The van der Waals surface area contributed by atoms with Gasteiger partial charge in [0.1, 0.15) is 5.71 Å². The molecule has 1 aromatic rings. The van der Waals surface area contributed by atoms with Crippen molar-refractivity contribution in [2.24, 2.45) is 5.16 Å². The molecule has 2 rings (SSSR count). The summed E-state index contributed by atoms with van der Waals surface area (Å²) in [6.07, 6.45) is 4.79. The predicted octanol–water partition coefficient (Wildman–Crippen LogP) is 2.45. The maximum Gasteiger partial charge on any atom is 0.335 e. The average molecular weight is 322 g/mol. The van der Waals surface area contributed by atoms with Crippen LogP contribution in [0.4, 0.5) is 0 Å². The summed E-state index contributed by atoms with van der Waals surface area (Å²) >= 11 is 0. The molecule has 1 saturated heterocycles. The molecule has 2 heterocycles. The molecule has 7 heteroatoms. The van der Waals surface area contributed by atoms with E-state index in [1.54, 1.807) is 0 Å². The number of hydrogen-bond donors (Lipinski definition) is 1. The summed E-state index contributed by atoms with van der Waals surface area (Å²) < 4.78 is 11.0. The minimum Gasteiger partial charge on any atom is -0.478 e. The second-order valence-electron chi connectivity index (χ2n) is 5.23. The van der Waals surface area contributed by atoms with E-state index in [9.17, 15) is 4.79 Å². The van der Waals surface area contributed by atoms with Gasteiger partial charge in [-0.25, -0.2) is 4.79 Å². The minimum atomic E-state index is -1.01. The van der Waals surface area contributed by atoms with Gasteiger partial charge in [0.2, 0.25) is 6.29 Å². The molecule has 0 saturated carbocycles. The van der Waals surface area contributed by atoms with Crippen LogP contribution in [0.3, 0.4) is 0 Å². The van der Waals surface area contributed by atoms with Crippen molar-refractivity contribution in [1.82, 2.24) is 4.98 Å². The van der Waals surface area contributed by atoms with E-state index in [-0.39, 0.29) is 18.5 Å². The van der Waals surface area contributed by atoms with Crippen LogP contribution in [-0.4, -0.2) is 47.9 Å². The van der Waals surface area contributed by atoms with Gasteiger partial charge in [-0.1, -0.05) is 12.1 Å². The monoisotopic (exact) mass is 322 g/mol. The van der Waals surface area contributed by atoms with Gasteiger partial charge in [0, 0.05) is 19.2 Å². The van der Waals surface area contributed by atoms with Gasteiger partial charge >= 0.3 is 5.97 Å². The summed E-state index contributed by atoms with van der Waals surface area (Å²) in [4.78, 5) is 20.7. The largest absolute Gasteiger partial charge is 0.478 e. The van der Waals surface area contributed by atoms with Gasteiger partial charge < -0.3 is 19.4 Å². The zero-order valence-electron chi connectivity index (χ0n) is 13.2. The van der Waals surface area contributed by atoms with E-state index >= 15 is 0 Å². The van der Waals surface area contributed by atoms with E-state index in [4.69, 9.17) is 19.4 Å². The first kappa shape index (κ1) is 17.4. The lowest BCUT2D eigenvalue weighted by atomic mass is 10.2. The lowest BCUT2D eigenvalue weighted by Gasteiger charge is -2.20. The fourth-order valence-electron chi connectivity index (χ4n) is 2.10. The Balaban J connectivity index is 2.11. The van der Waals surface area contributed by atoms with Crippen molar-refractivity contribution in [1.29, 1.82) is 0 Å². The highest BCUT2D eigenvalue weighted by Gasteiger charge is 2.16. The van der Waals surface area contributed by atoms with Gasteiger partial charge in [-0.15, -0.1) is 0 Å². The highest BCUT2D eigenvalue weighted by Crippen LogP contribution is 2.14. The number of carbonyl (C=O) groups is 1. The zero-order chi connectivity index (χ0) is 16.5. The van der Waals surface area contributed by atoms with Crippen LogP contribution in [-0.2, 0) is 14.3 Å². The smallest absolute Gasteiger partial charge is 0.335 e. The molecule has 1 aromatic heterocycles. The third kappa shape index (κ3) is 5.61. The molecule has 0 aromatic carbocycles. The molecule has 1 aliphatic heterocycles. The van der Waals surface area contributed by atoms with Crippen LogP contribution in [0.15, 0.2) is 23.5 Å². The van der Waals surface area contributed by atoms with Crippen LogP contribution in [0.1, 0.15) is 48.7 Å². The normalized spacial score (nSPS) is 18.7. The maximum absolute atomic E-state index is 11.1. The molecule has 0 aliphatic carbocycles. The summed E-state index contributed by atoms with van der Waals surface area (Å²) in [5.41, 5.74) is 1.03. The lowest BCUT2D eigenvalue weighted by Crippen LogP contribution is -2.22. The summed E-state index contributed by atoms with van der Waals surface area (Å²) in [6.45, 7) is 3.45. The Labute approximate surface area is 135 Å². The van der Waals surface area contributed by atoms with Crippen molar-refractivity contribution in [2.75, 3.05) is 19.8 Å². The molecular weight excluding hydrogens is 300 g/mol. The Morgan fingerprint density at radius 1 is 1.52 bits per heavy atom. The Hall–Kier alpha value is -1.99. The highest BCUT2D eigenvalue weighted by atomic mass is 16.8. The predicted molar refractivity (Wildman–Crippen MR) is 83.5 cm³/mol. The average Bonchev–Trinajstić information content (AvgIpc) is 2.59. The van der Waals surface area contributed by atoms with Gasteiger partial charge in [0.05, 0.1) is 24.5 Å². The molecule has 0 amide bonds. The molecule has 1 aliphatic rings. The SMILES string of the molecule is CCCOC/C(=N\OC1CCCCO1)c1cc(C(=O)O)ccn1. The summed E-state index contributed by atoms with van der Waals surface area (Å²) in [5, 5.41) is 13.2. The number of pyridine rings is 1. The van der Waals surface area contributed by atoms with E-state index in [2.05, 4.69) is 10.1 Å². The Morgan fingerprint density at radius 2 is 2.39 bits per heavy atom. The Bertz CT molecular complexity index is 541. The number of aromatic nitrogens is 1. The van der Waals surface area contributed by atoms with E-state index in [0.29, 0.717) is 24.6 Å². The van der Waals surface area contributed by atoms with E-state index in [1.165, 1.54) is 18.3 Å². The number of nitrogens with zero attached hydrogens (tertiary/aromatic N) is 2. The fourth-order valence-corrected chi connectivity index (χ4v) is 2.10. The molecule has 0 radical (unpaired) electrons. The molecule has 1 atom stereocenters. The maximum atomic E-state index is 11.1. The minimum absolute atomic E-state index is 0.145. The summed E-state index contributed by atoms with van der Waals surface area (Å²) in [7, 11) is 0.